The topological polar surface area (TPSA) is 20.2 Å². The van der Waals surface area contributed by atoms with Crippen LogP contribution in [0.2, 0.25) is 0 Å². The molecule has 0 amide bonds. The van der Waals surface area contributed by atoms with Gasteiger partial charge in [-0.15, -0.1) is 0 Å². The Morgan fingerprint density at radius 2 is 1.75 bits per heavy atom. The average Bonchev–Trinajstić information content (AvgIpc) is 2.31. The molecule has 1 aromatic rings. The summed E-state index contributed by atoms with van der Waals surface area (Å²) in [6, 6.07) is 10.8. The van der Waals surface area contributed by atoms with Crippen LogP contribution < -0.4 is 0 Å². The smallest absolute Gasteiger partial charge is 0.0566 e. The van der Waals surface area contributed by atoms with Crippen molar-refractivity contribution >= 4 is 0 Å². The van der Waals surface area contributed by atoms with Crippen LogP contribution in [0.4, 0.5) is 0 Å². The first-order valence-corrected chi connectivity index (χ1v) is 6.50. The minimum Gasteiger partial charge on any atom is -0.393 e. The summed E-state index contributed by atoms with van der Waals surface area (Å²) >= 11 is 0. The van der Waals surface area contributed by atoms with Crippen molar-refractivity contribution in [3.63, 3.8) is 0 Å². The monoisotopic (exact) mass is 218 g/mol. The summed E-state index contributed by atoms with van der Waals surface area (Å²) in [5, 5.41) is 9.95. The van der Waals surface area contributed by atoms with E-state index in [9.17, 15) is 5.11 Å². The maximum absolute atomic E-state index is 9.95. The third-order valence-electron chi connectivity index (χ3n) is 3.89. The van der Waals surface area contributed by atoms with E-state index < -0.39 is 0 Å². The van der Waals surface area contributed by atoms with Crippen LogP contribution in [0, 0.1) is 5.92 Å². The SMILES string of the molecule is CC1CC(c2ccccc2)CCCCC1O. The van der Waals surface area contributed by atoms with Gasteiger partial charge in [0.2, 0.25) is 0 Å². The molecule has 0 aliphatic heterocycles. The molecule has 1 aromatic carbocycles. The molecule has 2 rings (SSSR count). The van der Waals surface area contributed by atoms with Gasteiger partial charge in [0.25, 0.3) is 0 Å². The van der Waals surface area contributed by atoms with Gasteiger partial charge in [-0.25, -0.2) is 0 Å². The number of hydrogen-bond donors (Lipinski definition) is 1. The molecule has 1 heteroatoms. The van der Waals surface area contributed by atoms with Crippen molar-refractivity contribution in [1.29, 1.82) is 0 Å². The van der Waals surface area contributed by atoms with Crippen molar-refractivity contribution < 1.29 is 5.11 Å². The zero-order valence-corrected chi connectivity index (χ0v) is 10.1. The lowest BCUT2D eigenvalue weighted by atomic mass is 9.80. The van der Waals surface area contributed by atoms with Crippen molar-refractivity contribution in [2.24, 2.45) is 5.92 Å². The van der Waals surface area contributed by atoms with Crippen molar-refractivity contribution in [1.82, 2.24) is 0 Å². The molecule has 0 radical (unpaired) electrons. The molecule has 1 N–H and O–H groups in total. The maximum atomic E-state index is 9.95. The second-order valence-corrected chi connectivity index (χ2v) is 5.17. The highest BCUT2D eigenvalue weighted by molar-refractivity contribution is 5.19. The molecular weight excluding hydrogens is 196 g/mol. The van der Waals surface area contributed by atoms with Gasteiger partial charge in [-0.05, 0) is 36.7 Å². The number of aliphatic hydroxyl groups is 1. The highest BCUT2D eigenvalue weighted by atomic mass is 16.3. The molecule has 0 aromatic heterocycles. The molecule has 16 heavy (non-hydrogen) atoms. The zero-order valence-electron chi connectivity index (χ0n) is 10.1. The van der Waals surface area contributed by atoms with E-state index in [1.54, 1.807) is 0 Å². The maximum Gasteiger partial charge on any atom is 0.0566 e. The van der Waals surface area contributed by atoms with Gasteiger partial charge in [-0.2, -0.15) is 0 Å². The molecule has 1 saturated carbocycles. The molecule has 0 saturated heterocycles. The Bertz CT molecular complexity index is 306. The first kappa shape index (κ1) is 11.7. The van der Waals surface area contributed by atoms with Gasteiger partial charge < -0.3 is 5.11 Å². The lowest BCUT2D eigenvalue weighted by Crippen LogP contribution is -2.22. The second-order valence-electron chi connectivity index (χ2n) is 5.17. The van der Waals surface area contributed by atoms with Crippen LogP contribution in [0.3, 0.4) is 0 Å². The number of benzene rings is 1. The fraction of sp³-hybridized carbons (Fsp3) is 0.600. The van der Waals surface area contributed by atoms with Gasteiger partial charge in [-0.1, -0.05) is 50.1 Å². The number of aliphatic hydroxyl groups excluding tert-OH is 1. The summed E-state index contributed by atoms with van der Waals surface area (Å²) in [7, 11) is 0. The van der Waals surface area contributed by atoms with Gasteiger partial charge in [-0.3, -0.25) is 0 Å². The van der Waals surface area contributed by atoms with Crippen molar-refractivity contribution in [3.05, 3.63) is 35.9 Å². The van der Waals surface area contributed by atoms with Gasteiger partial charge in [0, 0.05) is 0 Å². The van der Waals surface area contributed by atoms with Crippen LogP contribution in [0.1, 0.15) is 50.5 Å². The molecule has 0 spiro atoms. The zero-order chi connectivity index (χ0) is 11.4. The molecule has 1 fully saturated rings. The Morgan fingerprint density at radius 3 is 2.50 bits per heavy atom. The highest BCUT2D eigenvalue weighted by Crippen LogP contribution is 2.33. The number of hydrogen-bond acceptors (Lipinski definition) is 1. The third kappa shape index (κ3) is 2.85. The van der Waals surface area contributed by atoms with Crippen molar-refractivity contribution in [2.45, 2.75) is 51.0 Å². The van der Waals surface area contributed by atoms with Crippen LogP contribution in [-0.4, -0.2) is 11.2 Å². The fourth-order valence-corrected chi connectivity index (χ4v) is 2.78. The largest absolute Gasteiger partial charge is 0.393 e. The minimum absolute atomic E-state index is 0.0912. The third-order valence-corrected chi connectivity index (χ3v) is 3.89. The first-order valence-electron chi connectivity index (χ1n) is 6.50. The van der Waals surface area contributed by atoms with Gasteiger partial charge in [0.15, 0.2) is 0 Å². The summed E-state index contributed by atoms with van der Waals surface area (Å²) in [5.41, 5.74) is 1.45. The molecule has 88 valence electrons. The molecule has 1 aliphatic carbocycles. The Morgan fingerprint density at radius 1 is 1.06 bits per heavy atom. The molecule has 3 unspecified atom stereocenters. The van der Waals surface area contributed by atoms with Crippen LogP contribution >= 0.6 is 0 Å². The summed E-state index contributed by atoms with van der Waals surface area (Å²) in [6.07, 6.45) is 5.74. The van der Waals surface area contributed by atoms with Crippen LogP contribution in [0.5, 0.6) is 0 Å². The summed E-state index contributed by atoms with van der Waals surface area (Å²) in [5.74, 6) is 1.08. The quantitative estimate of drug-likeness (QED) is 0.761. The summed E-state index contributed by atoms with van der Waals surface area (Å²) in [4.78, 5) is 0. The summed E-state index contributed by atoms with van der Waals surface area (Å²) in [6.45, 7) is 2.19. The molecule has 1 nitrogen and oxygen atoms in total. The van der Waals surface area contributed by atoms with E-state index in [-0.39, 0.29) is 6.10 Å². The van der Waals surface area contributed by atoms with E-state index in [1.807, 2.05) is 0 Å². The highest BCUT2D eigenvalue weighted by Gasteiger charge is 2.22. The lowest BCUT2D eigenvalue weighted by molar-refractivity contribution is 0.0883. The fourth-order valence-electron chi connectivity index (χ4n) is 2.78. The van der Waals surface area contributed by atoms with E-state index in [1.165, 1.54) is 24.8 Å². The van der Waals surface area contributed by atoms with Crippen LogP contribution in [-0.2, 0) is 0 Å². The molecule has 1 aliphatic rings. The molecule has 3 atom stereocenters. The first-order chi connectivity index (χ1) is 7.77. The van der Waals surface area contributed by atoms with E-state index in [4.69, 9.17) is 0 Å². The predicted molar refractivity (Wildman–Crippen MR) is 67.4 cm³/mol. The Balaban J connectivity index is 2.08. The van der Waals surface area contributed by atoms with Crippen LogP contribution in [0.15, 0.2) is 30.3 Å². The van der Waals surface area contributed by atoms with E-state index in [0.717, 1.165) is 12.8 Å². The van der Waals surface area contributed by atoms with E-state index in [0.29, 0.717) is 11.8 Å². The molecule has 0 bridgehead atoms. The van der Waals surface area contributed by atoms with Gasteiger partial charge >= 0.3 is 0 Å². The van der Waals surface area contributed by atoms with Crippen molar-refractivity contribution in [2.75, 3.05) is 0 Å². The van der Waals surface area contributed by atoms with Crippen LogP contribution in [0.25, 0.3) is 0 Å². The minimum atomic E-state index is -0.0912. The molecular formula is C15H22O. The normalized spacial score (nSPS) is 31.8. The van der Waals surface area contributed by atoms with E-state index >= 15 is 0 Å². The lowest BCUT2D eigenvalue weighted by Gasteiger charge is -2.28. The second kappa shape index (κ2) is 5.49. The van der Waals surface area contributed by atoms with Gasteiger partial charge in [0.1, 0.15) is 0 Å². The Hall–Kier alpha value is -0.820. The summed E-state index contributed by atoms with van der Waals surface area (Å²) < 4.78 is 0. The standard InChI is InChI=1S/C15H22O/c1-12-11-14(9-5-6-10-15(12)16)13-7-3-2-4-8-13/h2-4,7-8,12,14-16H,5-6,9-11H2,1H3. The Kier molecular flexibility index (Phi) is 4.00. The van der Waals surface area contributed by atoms with Gasteiger partial charge in [0.05, 0.1) is 6.10 Å². The Labute approximate surface area is 98.5 Å². The predicted octanol–water partition coefficient (Wildman–Crippen LogP) is 3.73. The molecule has 0 heterocycles. The number of rotatable bonds is 1. The van der Waals surface area contributed by atoms with Crippen molar-refractivity contribution in [3.8, 4) is 0 Å². The van der Waals surface area contributed by atoms with E-state index in [2.05, 4.69) is 37.3 Å². The average molecular weight is 218 g/mol.